The molecule has 106 valence electrons. The first-order valence-electron chi connectivity index (χ1n) is 7.05. The average molecular weight is 289 g/mol. The van der Waals surface area contributed by atoms with Crippen molar-refractivity contribution in [3.63, 3.8) is 0 Å². The minimum atomic E-state index is 0.0254. The van der Waals surface area contributed by atoms with Crippen LogP contribution in [0.4, 0.5) is 5.69 Å². The van der Waals surface area contributed by atoms with Crippen LogP contribution < -0.4 is 5.73 Å². The molecule has 1 aliphatic rings. The van der Waals surface area contributed by atoms with E-state index >= 15 is 0 Å². The molecule has 1 saturated carbocycles. The van der Waals surface area contributed by atoms with E-state index in [1.807, 2.05) is 24.1 Å². The highest BCUT2D eigenvalue weighted by Crippen LogP contribution is 2.33. The molecule has 20 heavy (non-hydrogen) atoms. The summed E-state index contributed by atoms with van der Waals surface area (Å²) >= 11 is 1.44. The fourth-order valence-electron chi connectivity index (χ4n) is 2.94. The zero-order valence-corrected chi connectivity index (χ0v) is 12.4. The van der Waals surface area contributed by atoms with Crippen LogP contribution in [-0.2, 0) is 0 Å². The van der Waals surface area contributed by atoms with Crippen LogP contribution in [0.15, 0.2) is 18.3 Å². The monoisotopic (exact) mass is 289 g/mol. The SMILES string of the molecule is CN(CC1CCCC1)C(=O)c1sc2cccnc2c1N. The van der Waals surface area contributed by atoms with Crippen LogP contribution in [-0.4, -0.2) is 29.4 Å². The lowest BCUT2D eigenvalue weighted by molar-refractivity contribution is 0.0779. The molecular formula is C15H19N3OS. The number of thiophene rings is 1. The highest BCUT2D eigenvalue weighted by Gasteiger charge is 2.23. The largest absolute Gasteiger partial charge is 0.396 e. The Morgan fingerprint density at radius 2 is 2.25 bits per heavy atom. The van der Waals surface area contributed by atoms with Gasteiger partial charge in [-0.1, -0.05) is 12.8 Å². The predicted molar refractivity (Wildman–Crippen MR) is 83.0 cm³/mol. The number of hydrogen-bond donors (Lipinski definition) is 1. The van der Waals surface area contributed by atoms with Gasteiger partial charge in [0.15, 0.2) is 0 Å². The Balaban J connectivity index is 1.82. The molecule has 3 rings (SSSR count). The summed E-state index contributed by atoms with van der Waals surface area (Å²) in [5, 5.41) is 0. The predicted octanol–water partition coefficient (Wildman–Crippen LogP) is 3.14. The Labute approximate surface area is 122 Å². The number of carbonyl (C=O) groups excluding carboxylic acids is 1. The lowest BCUT2D eigenvalue weighted by atomic mass is 10.1. The van der Waals surface area contributed by atoms with Crippen molar-refractivity contribution in [2.45, 2.75) is 25.7 Å². The highest BCUT2D eigenvalue weighted by molar-refractivity contribution is 7.21. The van der Waals surface area contributed by atoms with Gasteiger partial charge in [0, 0.05) is 19.8 Å². The summed E-state index contributed by atoms with van der Waals surface area (Å²) in [5.41, 5.74) is 7.35. The van der Waals surface area contributed by atoms with E-state index < -0.39 is 0 Å². The number of nitrogens with zero attached hydrogens (tertiary/aromatic N) is 2. The van der Waals surface area contributed by atoms with E-state index in [1.165, 1.54) is 37.0 Å². The van der Waals surface area contributed by atoms with Crippen LogP contribution in [0, 0.1) is 5.92 Å². The van der Waals surface area contributed by atoms with Gasteiger partial charge < -0.3 is 10.6 Å². The number of fused-ring (bicyclic) bond motifs is 1. The average Bonchev–Trinajstić information content (AvgIpc) is 3.07. The number of nitrogens with two attached hydrogens (primary N) is 1. The van der Waals surface area contributed by atoms with Gasteiger partial charge in [0.25, 0.3) is 5.91 Å². The summed E-state index contributed by atoms with van der Waals surface area (Å²) in [5.74, 6) is 0.676. The normalized spacial score (nSPS) is 15.8. The van der Waals surface area contributed by atoms with Crippen molar-refractivity contribution in [2.75, 3.05) is 19.3 Å². The van der Waals surface area contributed by atoms with Crippen LogP contribution in [0.2, 0.25) is 0 Å². The first-order chi connectivity index (χ1) is 9.66. The molecule has 0 atom stereocenters. The van der Waals surface area contributed by atoms with Crippen LogP contribution in [0.1, 0.15) is 35.4 Å². The first-order valence-corrected chi connectivity index (χ1v) is 7.87. The third-order valence-corrected chi connectivity index (χ3v) is 5.18. The summed E-state index contributed by atoms with van der Waals surface area (Å²) in [7, 11) is 1.87. The summed E-state index contributed by atoms with van der Waals surface area (Å²) in [6, 6.07) is 3.83. The minimum absolute atomic E-state index is 0.0254. The molecule has 1 fully saturated rings. The molecule has 0 unspecified atom stereocenters. The van der Waals surface area contributed by atoms with Gasteiger partial charge in [-0.2, -0.15) is 0 Å². The highest BCUT2D eigenvalue weighted by atomic mass is 32.1. The summed E-state index contributed by atoms with van der Waals surface area (Å²) < 4.78 is 0.975. The van der Waals surface area contributed by atoms with Gasteiger partial charge in [-0.3, -0.25) is 9.78 Å². The van der Waals surface area contributed by atoms with Crippen molar-refractivity contribution in [3.05, 3.63) is 23.2 Å². The maximum atomic E-state index is 12.6. The number of nitrogen functional groups attached to an aromatic ring is 1. The van der Waals surface area contributed by atoms with Crippen molar-refractivity contribution >= 4 is 33.1 Å². The topological polar surface area (TPSA) is 59.2 Å². The van der Waals surface area contributed by atoms with E-state index in [0.29, 0.717) is 16.5 Å². The van der Waals surface area contributed by atoms with Gasteiger partial charge in [0.1, 0.15) is 10.4 Å². The number of pyridine rings is 1. The molecule has 0 spiro atoms. The smallest absolute Gasteiger partial charge is 0.265 e. The standard InChI is InChI=1S/C15H19N3OS/c1-18(9-10-5-2-3-6-10)15(19)14-12(16)13-11(20-14)7-4-8-17-13/h4,7-8,10H,2-3,5-6,9,16H2,1H3. The first kappa shape index (κ1) is 13.4. The van der Waals surface area contributed by atoms with Crippen molar-refractivity contribution in [1.29, 1.82) is 0 Å². The molecule has 1 amide bonds. The van der Waals surface area contributed by atoms with Crippen molar-refractivity contribution in [3.8, 4) is 0 Å². The second kappa shape index (κ2) is 5.40. The van der Waals surface area contributed by atoms with E-state index in [0.717, 1.165) is 16.8 Å². The molecular weight excluding hydrogens is 270 g/mol. The van der Waals surface area contributed by atoms with Crippen molar-refractivity contribution < 1.29 is 4.79 Å². The molecule has 1 aliphatic carbocycles. The maximum Gasteiger partial charge on any atom is 0.265 e. The second-order valence-corrected chi connectivity index (χ2v) is 6.58. The van der Waals surface area contributed by atoms with Crippen molar-refractivity contribution in [2.24, 2.45) is 5.92 Å². The second-order valence-electron chi connectivity index (χ2n) is 5.53. The number of anilines is 1. The summed E-state index contributed by atoms with van der Waals surface area (Å²) in [6.07, 6.45) is 6.77. The molecule has 4 nitrogen and oxygen atoms in total. The third kappa shape index (κ3) is 2.38. The fourth-order valence-corrected chi connectivity index (χ4v) is 4.02. The Morgan fingerprint density at radius 3 is 2.95 bits per heavy atom. The Hall–Kier alpha value is -1.62. The van der Waals surface area contributed by atoms with E-state index in [-0.39, 0.29) is 5.91 Å². The van der Waals surface area contributed by atoms with Gasteiger partial charge in [-0.05, 0) is 30.9 Å². The molecule has 2 aromatic rings. The molecule has 0 aliphatic heterocycles. The van der Waals surface area contributed by atoms with E-state index in [2.05, 4.69) is 4.98 Å². The van der Waals surface area contributed by atoms with Gasteiger partial charge in [-0.25, -0.2) is 0 Å². The van der Waals surface area contributed by atoms with E-state index in [9.17, 15) is 4.79 Å². The lowest BCUT2D eigenvalue weighted by Gasteiger charge is -2.20. The number of aromatic nitrogens is 1. The third-order valence-electron chi connectivity index (χ3n) is 4.03. The van der Waals surface area contributed by atoms with E-state index in [1.54, 1.807) is 6.20 Å². The van der Waals surface area contributed by atoms with Gasteiger partial charge in [0.05, 0.1) is 10.4 Å². The number of hydrogen-bond acceptors (Lipinski definition) is 4. The minimum Gasteiger partial charge on any atom is -0.396 e. The number of amides is 1. The fraction of sp³-hybridized carbons (Fsp3) is 0.467. The van der Waals surface area contributed by atoms with Gasteiger partial charge >= 0.3 is 0 Å². The Kier molecular flexibility index (Phi) is 3.61. The van der Waals surface area contributed by atoms with Crippen LogP contribution in [0.25, 0.3) is 10.2 Å². The number of carbonyl (C=O) groups is 1. The van der Waals surface area contributed by atoms with Crippen LogP contribution >= 0.6 is 11.3 Å². The Morgan fingerprint density at radius 1 is 1.50 bits per heavy atom. The molecule has 0 saturated heterocycles. The summed E-state index contributed by atoms with van der Waals surface area (Å²) in [4.78, 5) is 19.3. The molecule has 0 bridgehead atoms. The zero-order chi connectivity index (χ0) is 14.1. The van der Waals surface area contributed by atoms with Crippen LogP contribution in [0.3, 0.4) is 0 Å². The number of rotatable bonds is 3. The Bertz CT molecular complexity index is 631. The van der Waals surface area contributed by atoms with E-state index in [4.69, 9.17) is 5.73 Å². The molecule has 0 aromatic carbocycles. The quantitative estimate of drug-likeness (QED) is 0.944. The van der Waals surface area contributed by atoms with Crippen LogP contribution in [0.5, 0.6) is 0 Å². The molecule has 2 aromatic heterocycles. The molecule has 5 heteroatoms. The molecule has 2 heterocycles. The molecule has 2 N–H and O–H groups in total. The molecule has 0 radical (unpaired) electrons. The maximum absolute atomic E-state index is 12.6. The zero-order valence-electron chi connectivity index (χ0n) is 11.6. The van der Waals surface area contributed by atoms with Gasteiger partial charge in [0.2, 0.25) is 0 Å². The van der Waals surface area contributed by atoms with Crippen molar-refractivity contribution in [1.82, 2.24) is 9.88 Å². The summed E-state index contributed by atoms with van der Waals surface area (Å²) in [6.45, 7) is 0.833. The van der Waals surface area contributed by atoms with Gasteiger partial charge in [-0.15, -0.1) is 11.3 Å². The lowest BCUT2D eigenvalue weighted by Crippen LogP contribution is -2.31.